The first kappa shape index (κ1) is 17.3. The van der Waals surface area contributed by atoms with Crippen molar-refractivity contribution in [2.24, 2.45) is 0 Å². The lowest BCUT2D eigenvalue weighted by Crippen LogP contribution is -2.31. The Morgan fingerprint density at radius 1 is 1.00 bits per heavy atom. The van der Waals surface area contributed by atoms with E-state index >= 15 is 0 Å². The summed E-state index contributed by atoms with van der Waals surface area (Å²) in [5.41, 5.74) is 0.831. The second-order valence-electron chi connectivity index (χ2n) is 5.05. The van der Waals surface area contributed by atoms with Crippen LogP contribution in [0.2, 0.25) is 0 Å². The van der Waals surface area contributed by atoms with Gasteiger partial charge in [0.25, 0.3) is 11.8 Å². The van der Waals surface area contributed by atoms with Gasteiger partial charge in [-0.3, -0.25) is 9.59 Å². The Hall–Kier alpha value is -3.02. The molecule has 0 bridgehead atoms. The predicted octanol–water partition coefficient (Wildman–Crippen LogP) is 2.46. The molecule has 2 rings (SSSR count). The number of hydrogen-bond donors (Lipinski definition) is 2. The van der Waals surface area contributed by atoms with Gasteiger partial charge in [-0.05, 0) is 43.3 Å². The van der Waals surface area contributed by atoms with Crippen molar-refractivity contribution in [3.63, 3.8) is 0 Å². The summed E-state index contributed by atoms with van der Waals surface area (Å²) >= 11 is 0. The van der Waals surface area contributed by atoms with Crippen LogP contribution < -0.4 is 20.1 Å². The van der Waals surface area contributed by atoms with Gasteiger partial charge in [-0.2, -0.15) is 0 Å². The van der Waals surface area contributed by atoms with E-state index in [0.29, 0.717) is 22.7 Å². The first-order valence-corrected chi connectivity index (χ1v) is 7.48. The zero-order valence-corrected chi connectivity index (χ0v) is 13.8. The third-order valence-electron chi connectivity index (χ3n) is 3.40. The number of benzene rings is 2. The molecule has 126 valence electrons. The molecule has 0 aromatic heterocycles. The Labute approximate surface area is 140 Å². The molecule has 1 unspecified atom stereocenters. The smallest absolute Gasteiger partial charge is 0.265 e. The first-order valence-electron chi connectivity index (χ1n) is 7.48. The second kappa shape index (κ2) is 8.01. The number of ether oxygens (including phenoxy) is 2. The maximum atomic E-state index is 12.3. The van der Waals surface area contributed by atoms with Gasteiger partial charge in [0.05, 0.1) is 18.4 Å². The molecule has 2 amide bonds. The van der Waals surface area contributed by atoms with E-state index in [9.17, 15) is 9.59 Å². The molecule has 0 aliphatic carbocycles. The van der Waals surface area contributed by atoms with Crippen molar-refractivity contribution in [3.8, 4) is 11.5 Å². The van der Waals surface area contributed by atoms with Crippen LogP contribution in [0.1, 0.15) is 17.3 Å². The number of hydrogen-bond acceptors (Lipinski definition) is 4. The minimum atomic E-state index is -0.726. The molecule has 2 aromatic carbocycles. The van der Waals surface area contributed by atoms with E-state index in [1.807, 2.05) is 0 Å². The van der Waals surface area contributed by atoms with Gasteiger partial charge in [0.15, 0.2) is 6.10 Å². The fourth-order valence-electron chi connectivity index (χ4n) is 2.07. The zero-order chi connectivity index (χ0) is 17.5. The maximum absolute atomic E-state index is 12.3. The minimum absolute atomic E-state index is 0.269. The van der Waals surface area contributed by atoms with Crippen molar-refractivity contribution in [2.45, 2.75) is 13.0 Å². The van der Waals surface area contributed by atoms with Gasteiger partial charge in [-0.1, -0.05) is 12.1 Å². The summed E-state index contributed by atoms with van der Waals surface area (Å²) in [6.07, 6.45) is -0.726. The van der Waals surface area contributed by atoms with Crippen molar-refractivity contribution >= 4 is 17.5 Å². The fourth-order valence-corrected chi connectivity index (χ4v) is 2.07. The van der Waals surface area contributed by atoms with Gasteiger partial charge in [-0.15, -0.1) is 0 Å². The number of rotatable bonds is 6. The molecule has 0 saturated carbocycles. The number of amides is 2. The summed E-state index contributed by atoms with van der Waals surface area (Å²) in [4.78, 5) is 24.1. The van der Waals surface area contributed by atoms with Crippen molar-refractivity contribution < 1.29 is 19.1 Å². The van der Waals surface area contributed by atoms with E-state index in [1.54, 1.807) is 62.6 Å². The van der Waals surface area contributed by atoms with Crippen LogP contribution in [0.5, 0.6) is 11.5 Å². The molecule has 24 heavy (non-hydrogen) atoms. The summed E-state index contributed by atoms with van der Waals surface area (Å²) < 4.78 is 10.7. The quantitative estimate of drug-likeness (QED) is 0.854. The Morgan fingerprint density at radius 2 is 1.62 bits per heavy atom. The van der Waals surface area contributed by atoms with Gasteiger partial charge in [0.2, 0.25) is 0 Å². The first-order chi connectivity index (χ1) is 11.5. The van der Waals surface area contributed by atoms with Crippen molar-refractivity contribution in [1.82, 2.24) is 5.32 Å². The summed E-state index contributed by atoms with van der Waals surface area (Å²) in [6.45, 7) is 1.64. The molecule has 0 saturated heterocycles. The second-order valence-corrected chi connectivity index (χ2v) is 5.05. The highest BCUT2D eigenvalue weighted by molar-refractivity contribution is 6.04. The Bertz CT molecular complexity index is 713. The molecule has 0 spiro atoms. The predicted molar refractivity (Wildman–Crippen MR) is 91.5 cm³/mol. The lowest BCUT2D eigenvalue weighted by atomic mass is 10.1. The number of nitrogens with one attached hydrogen (secondary N) is 2. The lowest BCUT2D eigenvalue weighted by Gasteiger charge is -2.16. The zero-order valence-electron chi connectivity index (χ0n) is 13.8. The van der Waals surface area contributed by atoms with Crippen LogP contribution in [0.4, 0.5) is 5.69 Å². The molecule has 0 aliphatic heterocycles. The topological polar surface area (TPSA) is 76.7 Å². The van der Waals surface area contributed by atoms with Crippen molar-refractivity contribution in [3.05, 3.63) is 54.1 Å². The summed E-state index contributed by atoms with van der Waals surface area (Å²) in [5, 5.41) is 5.26. The molecular formula is C18H20N2O4. The third kappa shape index (κ3) is 4.25. The van der Waals surface area contributed by atoms with Crippen LogP contribution in [0, 0.1) is 0 Å². The fraction of sp³-hybridized carbons (Fsp3) is 0.222. The molecule has 0 aliphatic rings. The molecule has 6 heteroatoms. The third-order valence-corrected chi connectivity index (χ3v) is 3.40. The highest BCUT2D eigenvalue weighted by Crippen LogP contribution is 2.19. The van der Waals surface area contributed by atoms with Gasteiger partial charge in [0.1, 0.15) is 11.5 Å². The number of carbonyl (C=O) groups is 2. The van der Waals surface area contributed by atoms with Gasteiger partial charge < -0.3 is 20.1 Å². The SMILES string of the molecule is CNC(=O)c1ccccc1NC(=O)C(C)Oc1ccc(OC)cc1. The van der Waals surface area contributed by atoms with Crippen LogP contribution in [0.3, 0.4) is 0 Å². The van der Waals surface area contributed by atoms with E-state index in [4.69, 9.17) is 9.47 Å². The average Bonchev–Trinajstić information content (AvgIpc) is 2.62. The number of carbonyl (C=O) groups excluding carboxylic acids is 2. The molecular weight excluding hydrogens is 308 g/mol. The average molecular weight is 328 g/mol. The highest BCUT2D eigenvalue weighted by atomic mass is 16.5. The van der Waals surface area contributed by atoms with Crippen LogP contribution in [-0.2, 0) is 4.79 Å². The van der Waals surface area contributed by atoms with E-state index < -0.39 is 6.10 Å². The van der Waals surface area contributed by atoms with Crippen LogP contribution >= 0.6 is 0 Å². The van der Waals surface area contributed by atoms with Gasteiger partial charge in [-0.25, -0.2) is 0 Å². The molecule has 0 fully saturated rings. The summed E-state index contributed by atoms with van der Waals surface area (Å²) in [7, 11) is 3.12. The standard InChI is InChI=1S/C18H20N2O4/c1-12(24-14-10-8-13(23-3)9-11-14)17(21)20-16-7-5-4-6-15(16)18(22)19-2/h4-12H,1-3H3,(H,19,22)(H,20,21). The van der Waals surface area contributed by atoms with Crippen LogP contribution in [-0.4, -0.2) is 32.1 Å². The number of para-hydroxylation sites is 1. The molecule has 2 N–H and O–H groups in total. The molecule has 0 radical (unpaired) electrons. The summed E-state index contributed by atoms with van der Waals surface area (Å²) in [5.74, 6) is 0.647. The van der Waals surface area contributed by atoms with Gasteiger partial charge in [0, 0.05) is 7.05 Å². The van der Waals surface area contributed by atoms with E-state index in [0.717, 1.165) is 0 Å². The molecule has 6 nitrogen and oxygen atoms in total. The Balaban J connectivity index is 2.05. The largest absolute Gasteiger partial charge is 0.497 e. The molecule has 0 heterocycles. The van der Waals surface area contributed by atoms with Crippen LogP contribution in [0.15, 0.2) is 48.5 Å². The van der Waals surface area contributed by atoms with E-state index in [-0.39, 0.29) is 11.8 Å². The summed E-state index contributed by atoms with van der Waals surface area (Å²) in [6, 6.07) is 13.7. The van der Waals surface area contributed by atoms with Crippen molar-refractivity contribution in [1.29, 1.82) is 0 Å². The Morgan fingerprint density at radius 3 is 2.25 bits per heavy atom. The molecule has 1 atom stereocenters. The molecule has 2 aromatic rings. The number of anilines is 1. The van der Waals surface area contributed by atoms with E-state index in [1.165, 1.54) is 7.05 Å². The monoisotopic (exact) mass is 328 g/mol. The Kier molecular flexibility index (Phi) is 5.78. The maximum Gasteiger partial charge on any atom is 0.265 e. The van der Waals surface area contributed by atoms with E-state index in [2.05, 4.69) is 10.6 Å². The van der Waals surface area contributed by atoms with Crippen LogP contribution in [0.25, 0.3) is 0 Å². The lowest BCUT2D eigenvalue weighted by molar-refractivity contribution is -0.122. The van der Waals surface area contributed by atoms with Crippen molar-refractivity contribution in [2.75, 3.05) is 19.5 Å². The minimum Gasteiger partial charge on any atom is -0.497 e. The highest BCUT2D eigenvalue weighted by Gasteiger charge is 2.18. The normalized spacial score (nSPS) is 11.3. The van der Waals surface area contributed by atoms with Gasteiger partial charge >= 0.3 is 0 Å². The number of methoxy groups -OCH3 is 1.